The molecule has 6 aromatic carbocycles. The monoisotopic (exact) mass is 514 g/mol. The smallest absolute Gasteiger partial charge is 0.160 e. The number of para-hydroxylation sites is 1. The molecule has 3 heteroatoms. The topological polar surface area (TPSA) is 25.8 Å². The van der Waals surface area contributed by atoms with E-state index in [0.29, 0.717) is 0 Å². The Labute approximate surface area is 229 Å². The number of thiophene rings is 1. The van der Waals surface area contributed by atoms with Crippen molar-refractivity contribution in [3.05, 3.63) is 133 Å². The molecule has 0 radical (unpaired) electrons. The Kier molecular flexibility index (Phi) is 5.04. The molecular weight excluding hydrogens is 492 g/mol. The summed E-state index contributed by atoms with van der Waals surface area (Å²) in [5, 5.41) is 6.32. The van der Waals surface area contributed by atoms with Crippen molar-refractivity contribution in [3.8, 4) is 33.8 Å². The summed E-state index contributed by atoms with van der Waals surface area (Å²) in [6.07, 6.45) is 0. The van der Waals surface area contributed by atoms with Crippen LogP contribution in [-0.2, 0) is 0 Å². The molecule has 0 saturated heterocycles. The lowest BCUT2D eigenvalue weighted by Crippen LogP contribution is -1.95. The second kappa shape index (κ2) is 8.87. The Bertz CT molecular complexity index is 2160. The van der Waals surface area contributed by atoms with E-state index in [1.807, 2.05) is 29.5 Å². The molecule has 0 fully saturated rings. The molecule has 0 unspecified atom stereocenters. The maximum atomic E-state index is 5.03. The molecule has 0 bridgehead atoms. The van der Waals surface area contributed by atoms with E-state index in [1.165, 1.54) is 42.1 Å². The third-order valence-electron chi connectivity index (χ3n) is 7.49. The predicted molar refractivity (Wildman–Crippen MR) is 166 cm³/mol. The molecule has 0 saturated carbocycles. The lowest BCUT2D eigenvalue weighted by atomic mass is 9.97. The molecule has 0 spiro atoms. The van der Waals surface area contributed by atoms with Gasteiger partial charge in [-0.1, -0.05) is 109 Å². The Morgan fingerprint density at radius 3 is 2.00 bits per heavy atom. The Morgan fingerprint density at radius 2 is 1.13 bits per heavy atom. The molecule has 182 valence electrons. The van der Waals surface area contributed by atoms with E-state index >= 15 is 0 Å². The summed E-state index contributed by atoms with van der Waals surface area (Å²) in [6, 6.07) is 47.2. The number of nitrogens with zero attached hydrogens (tertiary/aromatic N) is 2. The average molecular weight is 515 g/mol. The van der Waals surface area contributed by atoms with Gasteiger partial charge in [0.1, 0.15) is 0 Å². The third-order valence-corrected chi connectivity index (χ3v) is 8.62. The molecule has 0 amide bonds. The van der Waals surface area contributed by atoms with Crippen molar-refractivity contribution in [1.82, 2.24) is 9.97 Å². The first-order chi connectivity index (χ1) is 19.3. The van der Waals surface area contributed by atoms with E-state index in [4.69, 9.17) is 9.97 Å². The standard InChI is InChI=1S/C36H22N2S/c1-2-8-25(9-3-1)35-28-10-4-6-12-31(28)37-36(38-35)26-17-14-23(15-18-26)27-19-16-24-20-21-33-34(30(24)22-27)29-11-5-7-13-32(29)39-33/h1-22H. The van der Waals surface area contributed by atoms with Gasteiger partial charge in [-0.3, -0.25) is 0 Å². The first kappa shape index (κ1) is 22.2. The van der Waals surface area contributed by atoms with Crippen LogP contribution < -0.4 is 0 Å². The van der Waals surface area contributed by atoms with Gasteiger partial charge in [-0.15, -0.1) is 11.3 Å². The number of fused-ring (bicyclic) bond motifs is 6. The van der Waals surface area contributed by atoms with Crippen molar-refractivity contribution in [1.29, 1.82) is 0 Å². The molecule has 0 aliphatic rings. The lowest BCUT2D eigenvalue weighted by molar-refractivity contribution is 1.23. The van der Waals surface area contributed by atoms with Crippen molar-refractivity contribution < 1.29 is 0 Å². The van der Waals surface area contributed by atoms with Crippen molar-refractivity contribution in [2.75, 3.05) is 0 Å². The molecule has 8 aromatic rings. The highest BCUT2D eigenvalue weighted by atomic mass is 32.1. The number of benzene rings is 6. The number of hydrogen-bond acceptors (Lipinski definition) is 3. The summed E-state index contributed by atoms with van der Waals surface area (Å²) < 4.78 is 2.67. The number of rotatable bonds is 3. The summed E-state index contributed by atoms with van der Waals surface area (Å²) >= 11 is 1.86. The first-order valence-corrected chi connectivity index (χ1v) is 13.9. The zero-order chi connectivity index (χ0) is 25.8. The van der Waals surface area contributed by atoms with Gasteiger partial charge in [0.2, 0.25) is 0 Å². The molecule has 2 nitrogen and oxygen atoms in total. The maximum Gasteiger partial charge on any atom is 0.160 e. The fraction of sp³-hybridized carbons (Fsp3) is 0. The van der Waals surface area contributed by atoms with Crippen LogP contribution in [0.5, 0.6) is 0 Å². The van der Waals surface area contributed by atoms with Gasteiger partial charge in [-0.2, -0.15) is 0 Å². The van der Waals surface area contributed by atoms with E-state index in [0.717, 1.165) is 33.5 Å². The normalized spacial score (nSPS) is 11.6. The van der Waals surface area contributed by atoms with Crippen LogP contribution in [0.1, 0.15) is 0 Å². The Hall–Kier alpha value is -4.86. The van der Waals surface area contributed by atoms with Crippen LogP contribution in [-0.4, -0.2) is 9.97 Å². The highest BCUT2D eigenvalue weighted by Crippen LogP contribution is 2.39. The fourth-order valence-corrected chi connectivity index (χ4v) is 6.68. The van der Waals surface area contributed by atoms with E-state index in [1.54, 1.807) is 0 Å². The van der Waals surface area contributed by atoms with E-state index in [9.17, 15) is 0 Å². The van der Waals surface area contributed by atoms with Gasteiger partial charge in [0.25, 0.3) is 0 Å². The van der Waals surface area contributed by atoms with Crippen molar-refractivity contribution >= 4 is 53.2 Å². The lowest BCUT2D eigenvalue weighted by Gasteiger charge is -2.10. The number of aromatic nitrogens is 2. The first-order valence-electron chi connectivity index (χ1n) is 13.1. The van der Waals surface area contributed by atoms with E-state index < -0.39 is 0 Å². The second-order valence-corrected chi connectivity index (χ2v) is 10.9. The second-order valence-electron chi connectivity index (χ2n) is 9.83. The summed E-state index contributed by atoms with van der Waals surface area (Å²) in [4.78, 5) is 9.95. The van der Waals surface area contributed by atoms with E-state index in [-0.39, 0.29) is 0 Å². The summed E-state index contributed by atoms with van der Waals surface area (Å²) in [7, 11) is 0. The highest BCUT2D eigenvalue weighted by molar-refractivity contribution is 7.26. The minimum Gasteiger partial charge on any atom is -0.228 e. The van der Waals surface area contributed by atoms with Crippen LogP contribution in [0.25, 0.3) is 75.6 Å². The Morgan fingerprint density at radius 1 is 0.436 bits per heavy atom. The highest BCUT2D eigenvalue weighted by Gasteiger charge is 2.13. The molecule has 2 heterocycles. The zero-order valence-corrected chi connectivity index (χ0v) is 21.8. The van der Waals surface area contributed by atoms with Gasteiger partial charge in [0, 0.05) is 36.7 Å². The average Bonchev–Trinajstić information content (AvgIpc) is 3.40. The van der Waals surface area contributed by atoms with Crippen LogP contribution in [0.2, 0.25) is 0 Å². The fourth-order valence-electron chi connectivity index (χ4n) is 5.56. The molecule has 39 heavy (non-hydrogen) atoms. The van der Waals surface area contributed by atoms with Crippen molar-refractivity contribution in [3.63, 3.8) is 0 Å². The van der Waals surface area contributed by atoms with E-state index in [2.05, 4.69) is 115 Å². The molecule has 2 aromatic heterocycles. The van der Waals surface area contributed by atoms with Gasteiger partial charge in [0.15, 0.2) is 5.82 Å². The summed E-state index contributed by atoms with van der Waals surface area (Å²) in [6.45, 7) is 0. The Balaban J connectivity index is 1.24. The molecular formula is C36H22N2S. The quantitative estimate of drug-likeness (QED) is 0.234. The van der Waals surface area contributed by atoms with Crippen LogP contribution in [0, 0.1) is 0 Å². The molecule has 8 rings (SSSR count). The molecule has 0 aliphatic carbocycles. The predicted octanol–water partition coefficient (Wildman–Crippen LogP) is 10.2. The minimum atomic E-state index is 0.740. The van der Waals surface area contributed by atoms with Crippen LogP contribution in [0.15, 0.2) is 133 Å². The van der Waals surface area contributed by atoms with Gasteiger partial charge in [-0.25, -0.2) is 9.97 Å². The maximum absolute atomic E-state index is 5.03. The van der Waals surface area contributed by atoms with Gasteiger partial charge < -0.3 is 0 Å². The van der Waals surface area contributed by atoms with Crippen LogP contribution >= 0.6 is 11.3 Å². The van der Waals surface area contributed by atoms with Crippen molar-refractivity contribution in [2.45, 2.75) is 0 Å². The van der Waals surface area contributed by atoms with Crippen LogP contribution in [0.4, 0.5) is 0 Å². The molecule has 0 aliphatic heterocycles. The largest absolute Gasteiger partial charge is 0.228 e. The third kappa shape index (κ3) is 3.70. The van der Waals surface area contributed by atoms with Crippen molar-refractivity contribution in [2.24, 2.45) is 0 Å². The molecule has 0 N–H and O–H groups in total. The summed E-state index contributed by atoms with van der Waals surface area (Å²) in [5.74, 6) is 0.740. The SMILES string of the molecule is c1ccc(-c2nc(-c3ccc(-c4ccc5ccc6sc7ccccc7c6c5c4)cc3)nc3ccccc23)cc1. The number of hydrogen-bond donors (Lipinski definition) is 0. The van der Waals surface area contributed by atoms with Gasteiger partial charge in [-0.05, 0) is 46.2 Å². The van der Waals surface area contributed by atoms with Gasteiger partial charge in [0.05, 0.1) is 11.2 Å². The van der Waals surface area contributed by atoms with Crippen LogP contribution in [0.3, 0.4) is 0 Å². The summed E-state index contributed by atoms with van der Waals surface area (Å²) in [5.41, 5.74) is 6.40. The minimum absolute atomic E-state index is 0.740. The van der Waals surface area contributed by atoms with Gasteiger partial charge >= 0.3 is 0 Å². The zero-order valence-electron chi connectivity index (χ0n) is 21.0. The molecule has 0 atom stereocenters.